The third-order valence-corrected chi connectivity index (χ3v) is 4.20. The standard InChI is InChI=1S/C13H18F3N3O3S.ClH/c1-2-17-7-8-19-23(21,22)11-5-3-10(4-6-11)12(20)18-9-13(14,15)16;/h3-6,17,19H,2,7-9H2,1H3,(H,18,20);1H. The van der Waals surface area contributed by atoms with Crippen LogP contribution >= 0.6 is 12.4 Å². The van der Waals surface area contributed by atoms with E-state index < -0.39 is 28.7 Å². The number of carbonyl (C=O) groups is 1. The highest BCUT2D eigenvalue weighted by atomic mass is 35.5. The minimum atomic E-state index is -4.50. The van der Waals surface area contributed by atoms with E-state index in [-0.39, 0.29) is 29.4 Å². The van der Waals surface area contributed by atoms with E-state index in [1.807, 2.05) is 6.92 Å². The number of rotatable bonds is 8. The van der Waals surface area contributed by atoms with E-state index in [0.717, 1.165) is 24.3 Å². The Morgan fingerprint density at radius 1 is 1.12 bits per heavy atom. The molecule has 138 valence electrons. The normalized spacial score (nSPS) is 11.7. The molecule has 0 bridgehead atoms. The molecule has 1 aromatic carbocycles. The van der Waals surface area contributed by atoms with Gasteiger partial charge in [-0.05, 0) is 30.8 Å². The van der Waals surface area contributed by atoms with E-state index in [2.05, 4.69) is 10.0 Å². The summed E-state index contributed by atoms with van der Waals surface area (Å²) in [5, 5.41) is 4.66. The first-order valence-electron chi connectivity index (χ1n) is 6.81. The number of carbonyl (C=O) groups excluding carboxylic acids is 1. The lowest BCUT2D eigenvalue weighted by atomic mass is 10.2. The van der Waals surface area contributed by atoms with Gasteiger partial charge in [-0.1, -0.05) is 6.92 Å². The van der Waals surface area contributed by atoms with E-state index >= 15 is 0 Å². The van der Waals surface area contributed by atoms with Gasteiger partial charge in [0.2, 0.25) is 10.0 Å². The third kappa shape index (κ3) is 7.95. The summed E-state index contributed by atoms with van der Waals surface area (Å²) in [6, 6.07) is 4.64. The number of sulfonamides is 1. The molecule has 0 fully saturated rings. The predicted molar refractivity (Wildman–Crippen MR) is 85.8 cm³/mol. The van der Waals surface area contributed by atoms with Crippen molar-refractivity contribution in [3.05, 3.63) is 29.8 Å². The fourth-order valence-electron chi connectivity index (χ4n) is 1.60. The maximum Gasteiger partial charge on any atom is 0.405 e. The summed E-state index contributed by atoms with van der Waals surface area (Å²) in [6.07, 6.45) is -4.50. The van der Waals surface area contributed by atoms with Gasteiger partial charge in [-0.3, -0.25) is 4.79 Å². The number of benzene rings is 1. The Labute approximate surface area is 144 Å². The quantitative estimate of drug-likeness (QED) is 0.585. The Morgan fingerprint density at radius 2 is 1.71 bits per heavy atom. The first-order chi connectivity index (χ1) is 10.7. The molecule has 1 aromatic rings. The van der Waals surface area contributed by atoms with Crippen LogP contribution in [0.2, 0.25) is 0 Å². The van der Waals surface area contributed by atoms with Gasteiger partial charge >= 0.3 is 6.18 Å². The molecular weight excluding hydrogens is 371 g/mol. The van der Waals surface area contributed by atoms with Gasteiger partial charge in [0.05, 0.1) is 4.90 Å². The van der Waals surface area contributed by atoms with Crippen molar-refractivity contribution in [2.45, 2.75) is 18.0 Å². The van der Waals surface area contributed by atoms with Gasteiger partial charge in [-0.15, -0.1) is 12.4 Å². The van der Waals surface area contributed by atoms with E-state index in [1.165, 1.54) is 0 Å². The van der Waals surface area contributed by atoms with Crippen LogP contribution in [0, 0.1) is 0 Å². The molecule has 3 N–H and O–H groups in total. The molecule has 0 radical (unpaired) electrons. The summed E-state index contributed by atoms with van der Waals surface area (Å²) in [6.45, 7) is 1.82. The number of nitrogens with one attached hydrogen (secondary N) is 3. The molecule has 0 saturated heterocycles. The molecule has 0 saturated carbocycles. The van der Waals surface area contributed by atoms with Crippen molar-refractivity contribution < 1.29 is 26.4 Å². The first-order valence-corrected chi connectivity index (χ1v) is 8.29. The van der Waals surface area contributed by atoms with Crippen LogP contribution in [0.3, 0.4) is 0 Å². The summed E-state index contributed by atoms with van der Waals surface area (Å²) in [5.41, 5.74) is -0.0548. The van der Waals surface area contributed by atoms with Gasteiger partial charge in [0, 0.05) is 18.7 Å². The Hall–Kier alpha value is -1.36. The molecule has 0 aromatic heterocycles. The van der Waals surface area contributed by atoms with Crippen molar-refractivity contribution in [2.24, 2.45) is 0 Å². The molecule has 0 aliphatic carbocycles. The molecule has 6 nitrogen and oxygen atoms in total. The summed E-state index contributed by atoms with van der Waals surface area (Å²) in [7, 11) is -3.72. The molecule has 0 aliphatic heterocycles. The Bertz CT molecular complexity index is 622. The summed E-state index contributed by atoms with van der Waals surface area (Å²) in [4.78, 5) is 11.4. The average molecular weight is 390 g/mol. The molecule has 0 unspecified atom stereocenters. The molecule has 0 aliphatic rings. The Morgan fingerprint density at radius 3 is 2.21 bits per heavy atom. The van der Waals surface area contributed by atoms with Crippen molar-refractivity contribution in [2.75, 3.05) is 26.2 Å². The number of likely N-dealkylation sites (N-methyl/N-ethyl adjacent to an activating group) is 1. The highest BCUT2D eigenvalue weighted by Crippen LogP contribution is 2.14. The minimum absolute atomic E-state index is 0. The van der Waals surface area contributed by atoms with E-state index in [9.17, 15) is 26.4 Å². The number of hydrogen-bond acceptors (Lipinski definition) is 4. The van der Waals surface area contributed by atoms with Crippen LogP contribution in [0.15, 0.2) is 29.2 Å². The van der Waals surface area contributed by atoms with E-state index in [1.54, 1.807) is 5.32 Å². The Balaban J connectivity index is 0.00000529. The van der Waals surface area contributed by atoms with Crippen molar-refractivity contribution in [3.63, 3.8) is 0 Å². The average Bonchev–Trinajstić information content (AvgIpc) is 2.48. The lowest BCUT2D eigenvalue weighted by Crippen LogP contribution is -2.34. The first kappa shape index (κ1) is 22.6. The fraction of sp³-hybridized carbons (Fsp3) is 0.462. The van der Waals surface area contributed by atoms with Crippen LogP contribution < -0.4 is 15.4 Å². The van der Waals surface area contributed by atoms with Crippen LogP contribution in [0.5, 0.6) is 0 Å². The number of hydrogen-bond donors (Lipinski definition) is 3. The molecule has 0 atom stereocenters. The zero-order valence-corrected chi connectivity index (χ0v) is 14.4. The van der Waals surface area contributed by atoms with Crippen LogP contribution in [0.25, 0.3) is 0 Å². The van der Waals surface area contributed by atoms with Crippen molar-refractivity contribution in [1.82, 2.24) is 15.4 Å². The fourth-order valence-corrected chi connectivity index (χ4v) is 2.63. The molecule has 1 rings (SSSR count). The largest absolute Gasteiger partial charge is 0.405 e. The molecular formula is C13H19ClF3N3O3S. The van der Waals surface area contributed by atoms with Crippen LogP contribution in [-0.2, 0) is 10.0 Å². The molecule has 1 amide bonds. The summed E-state index contributed by atoms with van der Waals surface area (Å²) < 4.78 is 62.3. The second-order valence-corrected chi connectivity index (χ2v) is 6.34. The lowest BCUT2D eigenvalue weighted by Gasteiger charge is -2.09. The zero-order valence-electron chi connectivity index (χ0n) is 12.8. The molecule has 0 spiro atoms. The van der Waals surface area contributed by atoms with Crippen molar-refractivity contribution >= 4 is 28.3 Å². The Kier molecular flexibility index (Phi) is 9.26. The molecule has 11 heteroatoms. The van der Waals surface area contributed by atoms with E-state index in [4.69, 9.17) is 0 Å². The minimum Gasteiger partial charge on any atom is -0.343 e. The van der Waals surface area contributed by atoms with Gasteiger partial charge in [0.15, 0.2) is 0 Å². The van der Waals surface area contributed by atoms with Crippen molar-refractivity contribution in [3.8, 4) is 0 Å². The highest BCUT2D eigenvalue weighted by molar-refractivity contribution is 7.89. The topological polar surface area (TPSA) is 87.3 Å². The van der Waals surface area contributed by atoms with Gasteiger partial charge in [-0.2, -0.15) is 13.2 Å². The monoisotopic (exact) mass is 389 g/mol. The van der Waals surface area contributed by atoms with E-state index in [0.29, 0.717) is 13.1 Å². The van der Waals surface area contributed by atoms with Crippen LogP contribution in [0.1, 0.15) is 17.3 Å². The second kappa shape index (κ2) is 9.82. The highest BCUT2D eigenvalue weighted by Gasteiger charge is 2.28. The lowest BCUT2D eigenvalue weighted by molar-refractivity contribution is -0.123. The maximum atomic E-state index is 12.0. The number of halogens is 4. The molecule has 24 heavy (non-hydrogen) atoms. The summed E-state index contributed by atoms with van der Waals surface area (Å²) in [5.74, 6) is -0.925. The zero-order chi connectivity index (χ0) is 17.5. The van der Waals surface area contributed by atoms with Crippen molar-refractivity contribution in [1.29, 1.82) is 0 Å². The summed E-state index contributed by atoms with van der Waals surface area (Å²) >= 11 is 0. The van der Waals surface area contributed by atoms with Crippen LogP contribution in [0.4, 0.5) is 13.2 Å². The third-order valence-electron chi connectivity index (χ3n) is 2.72. The smallest absolute Gasteiger partial charge is 0.343 e. The van der Waals surface area contributed by atoms with Gasteiger partial charge < -0.3 is 10.6 Å². The number of alkyl halides is 3. The number of amides is 1. The molecule has 0 heterocycles. The van der Waals surface area contributed by atoms with Gasteiger partial charge in [0.25, 0.3) is 5.91 Å². The SMILES string of the molecule is CCNCCNS(=O)(=O)c1ccc(C(=O)NCC(F)(F)F)cc1.Cl. The second-order valence-electron chi connectivity index (χ2n) is 4.57. The van der Waals surface area contributed by atoms with Crippen LogP contribution in [-0.4, -0.2) is 46.7 Å². The van der Waals surface area contributed by atoms with Gasteiger partial charge in [-0.25, -0.2) is 13.1 Å². The maximum absolute atomic E-state index is 12.0. The van der Waals surface area contributed by atoms with Gasteiger partial charge in [0.1, 0.15) is 6.54 Å². The predicted octanol–water partition coefficient (Wildman–Crippen LogP) is 1.29.